The number of carbonyl (C=O) groups is 1. The second kappa shape index (κ2) is 8.57. The number of likely N-dealkylation sites (tertiary alicyclic amines) is 1. The van der Waals surface area contributed by atoms with E-state index in [0.29, 0.717) is 19.7 Å². The predicted molar refractivity (Wildman–Crippen MR) is 85.7 cm³/mol. The van der Waals surface area contributed by atoms with Gasteiger partial charge in [0.1, 0.15) is 5.01 Å². The number of aryl methyl sites for hydroxylation is 1. The third-order valence-electron chi connectivity index (χ3n) is 3.92. The number of amides is 1. The van der Waals surface area contributed by atoms with E-state index in [2.05, 4.69) is 15.2 Å². The first kappa shape index (κ1) is 17.3. The molecule has 0 spiro atoms. The molecule has 0 saturated carbocycles. The van der Waals surface area contributed by atoms with Gasteiger partial charge in [0.25, 0.3) is 0 Å². The molecule has 1 aromatic rings. The summed E-state index contributed by atoms with van der Waals surface area (Å²) in [4.78, 5) is 20.0. The van der Waals surface area contributed by atoms with Crippen LogP contribution in [0.15, 0.2) is 0 Å². The van der Waals surface area contributed by atoms with Gasteiger partial charge in [-0.2, -0.15) is 0 Å². The Morgan fingerprint density at radius 1 is 1.59 bits per heavy atom. The fourth-order valence-electron chi connectivity index (χ4n) is 2.76. The highest BCUT2D eigenvalue weighted by atomic mass is 32.1. The number of aliphatic hydroxyl groups is 1. The molecule has 1 unspecified atom stereocenters. The molecule has 22 heavy (non-hydrogen) atoms. The van der Waals surface area contributed by atoms with Gasteiger partial charge in [0, 0.05) is 25.1 Å². The van der Waals surface area contributed by atoms with Crippen molar-refractivity contribution in [2.45, 2.75) is 32.9 Å². The number of nitrogens with zero attached hydrogens (tertiary/aromatic N) is 2. The lowest BCUT2D eigenvalue weighted by molar-refractivity contribution is -0.126. The molecule has 1 aromatic heterocycles. The van der Waals surface area contributed by atoms with Crippen molar-refractivity contribution in [2.75, 3.05) is 33.4 Å². The van der Waals surface area contributed by atoms with E-state index in [1.54, 1.807) is 18.4 Å². The third-order valence-corrected chi connectivity index (χ3v) is 5.05. The van der Waals surface area contributed by atoms with E-state index >= 15 is 0 Å². The minimum atomic E-state index is 0.0203. The quantitative estimate of drug-likeness (QED) is 0.779. The maximum atomic E-state index is 12.3. The lowest BCUT2D eigenvalue weighted by Crippen LogP contribution is -2.43. The van der Waals surface area contributed by atoms with Crippen LogP contribution in [0.3, 0.4) is 0 Å². The van der Waals surface area contributed by atoms with Gasteiger partial charge in [-0.3, -0.25) is 4.79 Å². The van der Waals surface area contributed by atoms with Crippen LogP contribution in [-0.4, -0.2) is 54.2 Å². The fraction of sp³-hybridized carbons (Fsp3) is 0.733. The molecule has 0 bridgehead atoms. The lowest BCUT2D eigenvalue weighted by atomic mass is 9.97. The first-order valence-electron chi connectivity index (χ1n) is 7.69. The topological polar surface area (TPSA) is 74.7 Å². The average molecular weight is 327 g/mol. The fourth-order valence-corrected chi connectivity index (χ4v) is 3.74. The number of rotatable bonds is 7. The molecule has 6 nitrogen and oxygen atoms in total. The van der Waals surface area contributed by atoms with Crippen molar-refractivity contribution < 1.29 is 14.6 Å². The summed E-state index contributed by atoms with van der Waals surface area (Å²) in [6.07, 6.45) is 1.93. The largest absolute Gasteiger partial charge is 0.395 e. The highest BCUT2D eigenvalue weighted by Gasteiger charge is 2.25. The van der Waals surface area contributed by atoms with Crippen LogP contribution in [-0.2, 0) is 22.7 Å². The number of aromatic nitrogens is 1. The van der Waals surface area contributed by atoms with Gasteiger partial charge in [-0.25, -0.2) is 4.98 Å². The summed E-state index contributed by atoms with van der Waals surface area (Å²) in [6.45, 7) is 5.51. The van der Waals surface area contributed by atoms with Crippen LogP contribution in [0.25, 0.3) is 0 Å². The summed E-state index contributed by atoms with van der Waals surface area (Å²) in [5.41, 5.74) is 0.961. The van der Waals surface area contributed by atoms with Gasteiger partial charge in [0.05, 0.1) is 31.4 Å². The van der Waals surface area contributed by atoms with E-state index < -0.39 is 0 Å². The number of hydrogen-bond acceptors (Lipinski definition) is 6. The van der Waals surface area contributed by atoms with Gasteiger partial charge < -0.3 is 20.1 Å². The zero-order valence-electron chi connectivity index (χ0n) is 13.3. The highest BCUT2D eigenvalue weighted by Crippen LogP contribution is 2.20. The van der Waals surface area contributed by atoms with E-state index in [0.717, 1.165) is 41.5 Å². The molecule has 1 atom stereocenters. The Balaban J connectivity index is 1.84. The molecule has 1 saturated heterocycles. The van der Waals surface area contributed by atoms with E-state index in [1.807, 2.05) is 6.92 Å². The van der Waals surface area contributed by atoms with Crippen molar-refractivity contribution in [3.05, 3.63) is 15.6 Å². The summed E-state index contributed by atoms with van der Waals surface area (Å²) in [7, 11) is 1.65. The van der Waals surface area contributed by atoms with Crippen molar-refractivity contribution in [3.8, 4) is 0 Å². The Labute approximate surface area is 135 Å². The molecule has 2 heterocycles. The maximum Gasteiger partial charge on any atom is 0.224 e. The SMILES string of the molecule is COCc1nc(C)c(CNC(=O)C2CCCN(CCO)C2)s1. The van der Waals surface area contributed by atoms with Crippen LogP contribution in [0.4, 0.5) is 0 Å². The van der Waals surface area contributed by atoms with Crippen LogP contribution >= 0.6 is 11.3 Å². The van der Waals surface area contributed by atoms with E-state index in [1.165, 1.54) is 0 Å². The Morgan fingerprint density at radius 3 is 3.14 bits per heavy atom. The predicted octanol–water partition coefficient (Wildman–Crippen LogP) is 0.918. The number of ether oxygens (including phenoxy) is 1. The Morgan fingerprint density at radius 2 is 2.41 bits per heavy atom. The van der Waals surface area contributed by atoms with Crippen LogP contribution < -0.4 is 5.32 Å². The van der Waals surface area contributed by atoms with Gasteiger partial charge in [-0.05, 0) is 26.3 Å². The van der Waals surface area contributed by atoms with Gasteiger partial charge in [-0.1, -0.05) is 0 Å². The number of methoxy groups -OCH3 is 1. The monoisotopic (exact) mass is 327 g/mol. The highest BCUT2D eigenvalue weighted by molar-refractivity contribution is 7.11. The van der Waals surface area contributed by atoms with Gasteiger partial charge in [-0.15, -0.1) is 11.3 Å². The van der Waals surface area contributed by atoms with E-state index in [-0.39, 0.29) is 18.4 Å². The van der Waals surface area contributed by atoms with Crippen LogP contribution in [0, 0.1) is 12.8 Å². The number of carbonyl (C=O) groups excluding carboxylic acids is 1. The molecular weight excluding hydrogens is 302 g/mol. The first-order chi connectivity index (χ1) is 10.6. The van der Waals surface area contributed by atoms with Crippen molar-refractivity contribution in [1.82, 2.24) is 15.2 Å². The number of β-amino-alcohol motifs (C(OH)–C–C–N with tert-alkyl or cyclic N) is 1. The van der Waals surface area contributed by atoms with Crippen molar-refractivity contribution >= 4 is 17.2 Å². The number of aliphatic hydroxyl groups excluding tert-OH is 1. The molecule has 2 N–H and O–H groups in total. The van der Waals surface area contributed by atoms with Gasteiger partial charge in [0.15, 0.2) is 0 Å². The van der Waals surface area contributed by atoms with Crippen molar-refractivity contribution in [3.63, 3.8) is 0 Å². The standard InChI is InChI=1S/C15H25N3O3S/c1-11-13(22-14(17-11)10-21-2)8-16-15(20)12-4-3-5-18(9-12)6-7-19/h12,19H,3-10H2,1-2H3,(H,16,20). The zero-order chi connectivity index (χ0) is 15.9. The molecule has 0 aromatic carbocycles. The third kappa shape index (κ3) is 4.74. The number of hydrogen-bond donors (Lipinski definition) is 2. The Kier molecular flexibility index (Phi) is 6.75. The molecule has 1 fully saturated rings. The van der Waals surface area contributed by atoms with Gasteiger partial charge >= 0.3 is 0 Å². The van der Waals surface area contributed by atoms with Crippen LogP contribution in [0.2, 0.25) is 0 Å². The number of piperidine rings is 1. The minimum absolute atomic E-state index is 0.0203. The normalized spacial score (nSPS) is 19.3. The molecule has 1 aliphatic rings. The summed E-state index contributed by atoms with van der Waals surface area (Å²) in [5.74, 6) is 0.121. The van der Waals surface area contributed by atoms with Gasteiger partial charge in [0.2, 0.25) is 5.91 Å². The molecule has 2 rings (SSSR count). The molecule has 0 aliphatic carbocycles. The second-order valence-corrected chi connectivity index (χ2v) is 6.80. The summed E-state index contributed by atoms with van der Waals surface area (Å²) in [5, 5.41) is 13.0. The van der Waals surface area contributed by atoms with Crippen LogP contribution in [0.1, 0.15) is 28.4 Å². The lowest BCUT2D eigenvalue weighted by Gasteiger charge is -2.31. The Bertz CT molecular complexity index is 490. The number of thiazole rings is 1. The van der Waals surface area contributed by atoms with Crippen molar-refractivity contribution in [1.29, 1.82) is 0 Å². The molecule has 124 valence electrons. The average Bonchev–Trinajstić information content (AvgIpc) is 2.86. The second-order valence-electron chi connectivity index (χ2n) is 5.63. The molecule has 1 aliphatic heterocycles. The molecule has 7 heteroatoms. The first-order valence-corrected chi connectivity index (χ1v) is 8.50. The summed E-state index contributed by atoms with van der Waals surface area (Å²) >= 11 is 1.59. The molecule has 0 radical (unpaired) electrons. The summed E-state index contributed by atoms with van der Waals surface area (Å²) < 4.78 is 5.09. The van der Waals surface area contributed by atoms with E-state index in [9.17, 15) is 4.79 Å². The Hall–Kier alpha value is -1.02. The smallest absolute Gasteiger partial charge is 0.224 e. The minimum Gasteiger partial charge on any atom is -0.395 e. The van der Waals surface area contributed by atoms with Crippen molar-refractivity contribution in [2.24, 2.45) is 5.92 Å². The molecular formula is C15H25N3O3S. The molecule has 1 amide bonds. The summed E-state index contributed by atoms with van der Waals surface area (Å²) in [6, 6.07) is 0. The van der Waals surface area contributed by atoms with Crippen LogP contribution in [0.5, 0.6) is 0 Å². The zero-order valence-corrected chi connectivity index (χ0v) is 14.1. The van der Waals surface area contributed by atoms with E-state index in [4.69, 9.17) is 9.84 Å². The number of nitrogens with one attached hydrogen (secondary N) is 1. The maximum absolute atomic E-state index is 12.3.